The monoisotopic (exact) mass is 341 g/mol. The van der Waals surface area contributed by atoms with Gasteiger partial charge in [-0.05, 0) is 69.6 Å². The number of hydrogen-bond acceptors (Lipinski definition) is 3. The van der Waals surface area contributed by atoms with E-state index in [0.717, 1.165) is 18.8 Å². The minimum Gasteiger partial charge on any atom is -0.492 e. The van der Waals surface area contributed by atoms with Crippen molar-refractivity contribution in [2.45, 2.75) is 41.9 Å². The number of nitrogens with zero attached hydrogens (tertiary/aromatic N) is 1. The van der Waals surface area contributed by atoms with Crippen LogP contribution in [-0.4, -0.2) is 31.1 Å². The zero-order chi connectivity index (χ0) is 16.5. The Bertz CT molecular complexity index is 596. The van der Waals surface area contributed by atoms with Crippen molar-refractivity contribution in [1.29, 1.82) is 0 Å². The summed E-state index contributed by atoms with van der Waals surface area (Å²) in [5, 5.41) is 0. The predicted molar refractivity (Wildman–Crippen MR) is 102 cm³/mol. The molecule has 24 heavy (non-hydrogen) atoms. The number of piperidine rings is 1. The molecule has 3 heteroatoms. The van der Waals surface area contributed by atoms with E-state index in [0.29, 0.717) is 0 Å². The van der Waals surface area contributed by atoms with Gasteiger partial charge >= 0.3 is 0 Å². The minimum absolute atomic E-state index is 0.806. The summed E-state index contributed by atoms with van der Waals surface area (Å²) in [5.41, 5.74) is 0. The van der Waals surface area contributed by atoms with Gasteiger partial charge in [0.25, 0.3) is 0 Å². The second kappa shape index (κ2) is 9.75. The molecular formula is C21H27NOS. The smallest absolute Gasteiger partial charge is 0.133 e. The number of unbranched alkanes of at least 4 members (excludes halogenated alkanes) is 1. The fraction of sp³-hybridized carbons (Fsp3) is 0.429. The standard InChI is InChI=1S/C21H27NOS/c1-3-11-19(12-4-1)24-21-14-6-5-13-20(21)23-18-10-9-17-22-15-7-2-8-16-22/h1,3-6,11-14H,2,7-10,15-18H2. The van der Waals surface area contributed by atoms with Crippen molar-refractivity contribution >= 4 is 11.8 Å². The van der Waals surface area contributed by atoms with Crippen LogP contribution in [0.3, 0.4) is 0 Å². The van der Waals surface area contributed by atoms with Crippen LogP contribution >= 0.6 is 11.8 Å². The summed E-state index contributed by atoms with van der Waals surface area (Å²) in [5.74, 6) is 1.00. The van der Waals surface area contributed by atoms with E-state index in [-0.39, 0.29) is 0 Å². The van der Waals surface area contributed by atoms with E-state index in [9.17, 15) is 0 Å². The van der Waals surface area contributed by atoms with Gasteiger partial charge in [0.05, 0.1) is 11.5 Å². The van der Waals surface area contributed by atoms with E-state index in [2.05, 4.69) is 59.5 Å². The topological polar surface area (TPSA) is 12.5 Å². The van der Waals surface area contributed by atoms with Gasteiger partial charge in [-0.1, -0.05) is 48.5 Å². The molecule has 1 fully saturated rings. The van der Waals surface area contributed by atoms with Gasteiger partial charge in [-0.15, -0.1) is 0 Å². The van der Waals surface area contributed by atoms with Crippen molar-refractivity contribution in [2.75, 3.05) is 26.2 Å². The average Bonchev–Trinajstić information content (AvgIpc) is 2.64. The van der Waals surface area contributed by atoms with Crippen LogP contribution in [-0.2, 0) is 0 Å². The Labute approximate surface area is 150 Å². The first-order chi connectivity index (χ1) is 11.9. The molecule has 128 valence electrons. The van der Waals surface area contributed by atoms with Gasteiger partial charge in [0.2, 0.25) is 0 Å². The van der Waals surface area contributed by atoms with Gasteiger partial charge in [-0.25, -0.2) is 0 Å². The van der Waals surface area contributed by atoms with Crippen molar-refractivity contribution in [1.82, 2.24) is 4.90 Å². The predicted octanol–water partition coefficient (Wildman–Crippen LogP) is 5.48. The Morgan fingerprint density at radius 3 is 2.42 bits per heavy atom. The first-order valence-corrected chi connectivity index (χ1v) is 9.90. The van der Waals surface area contributed by atoms with Gasteiger partial charge in [-0.3, -0.25) is 0 Å². The first-order valence-electron chi connectivity index (χ1n) is 9.09. The molecule has 0 spiro atoms. The van der Waals surface area contributed by atoms with Crippen LogP contribution in [0.2, 0.25) is 0 Å². The molecular weight excluding hydrogens is 314 g/mol. The molecule has 1 saturated heterocycles. The van der Waals surface area contributed by atoms with Gasteiger partial charge in [0.15, 0.2) is 0 Å². The lowest BCUT2D eigenvalue weighted by Gasteiger charge is -2.26. The normalized spacial score (nSPS) is 15.3. The molecule has 1 aliphatic heterocycles. The van der Waals surface area contributed by atoms with Crippen molar-refractivity contribution in [3.63, 3.8) is 0 Å². The average molecular weight is 342 g/mol. The lowest BCUT2D eigenvalue weighted by atomic mass is 10.1. The maximum Gasteiger partial charge on any atom is 0.133 e. The number of hydrogen-bond donors (Lipinski definition) is 0. The lowest BCUT2D eigenvalue weighted by molar-refractivity contribution is 0.215. The third-order valence-corrected chi connectivity index (χ3v) is 5.46. The molecule has 0 unspecified atom stereocenters. The summed E-state index contributed by atoms with van der Waals surface area (Å²) in [6.07, 6.45) is 6.52. The first kappa shape index (κ1) is 17.4. The third-order valence-electron chi connectivity index (χ3n) is 4.40. The molecule has 0 amide bonds. The van der Waals surface area contributed by atoms with Crippen LogP contribution < -0.4 is 4.74 Å². The SMILES string of the molecule is c1ccc(Sc2ccccc2OCCCCN2CCCCC2)cc1. The van der Waals surface area contributed by atoms with Gasteiger partial charge in [0, 0.05) is 4.90 Å². The molecule has 0 atom stereocenters. The minimum atomic E-state index is 0.806. The van der Waals surface area contributed by atoms with Crippen molar-refractivity contribution in [3.8, 4) is 5.75 Å². The van der Waals surface area contributed by atoms with E-state index in [1.165, 1.54) is 55.1 Å². The van der Waals surface area contributed by atoms with Crippen LogP contribution in [0.25, 0.3) is 0 Å². The molecule has 0 N–H and O–H groups in total. The summed E-state index contributed by atoms with van der Waals surface area (Å²) < 4.78 is 6.06. The van der Waals surface area contributed by atoms with Crippen LogP contribution in [0.4, 0.5) is 0 Å². The van der Waals surface area contributed by atoms with Crippen LogP contribution in [0, 0.1) is 0 Å². The second-order valence-electron chi connectivity index (χ2n) is 6.32. The molecule has 3 rings (SSSR count). The van der Waals surface area contributed by atoms with E-state index in [1.54, 1.807) is 11.8 Å². The molecule has 2 aromatic rings. The van der Waals surface area contributed by atoms with E-state index >= 15 is 0 Å². The highest BCUT2D eigenvalue weighted by atomic mass is 32.2. The van der Waals surface area contributed by atoms with Crippen LogP contribution in [0.5, 0.6) is 5.75 Å². The van der Waals surface area contributed by atoms with E-state index in [4.69, 9.17) is 4.74 Å². The van der Waals surface area contributed by atoms with Crippen LogP contribution in [0.15, 0.2) is 64.4 Å². The highest BCUT2D eigenvalue weighted by Crippen LogP contribution is 2.34. The number of rotatable bonds is 8. The van der Waals surface area contributed by atoms with Gasteiger partial charge in [-0.2, -0.15) is 0 Å². The zero-order valence-electron chi connectivity index (χ0n) is 14.3. The molecule has 0 saturated carbocycles. The molecule has 2 aromatic carbocycles. The van der Waals surface area contributed by atoms with Crippen LogP contribution in [0.1, 0.15) is 32.1 Å². The quantitative estimate of drug-likeness (QED) is 0.590. The largest absolute Gasteiger partial charge is 0.492 e. The Kier molecular flexibility index (Phi) is 7.06. The Balaban J connectivity index is 1.43. The van der Waals surface area contributed by atoms with E-state index in [1.807, 2.05) is 0 Å². The fourth-order valence-electron chi connectivity index (χ4n) is 3.07. The molecule has 1 aliphatic rings. The molecule has 0 bridgehead atoms. The number of para-hydroxylation sites is 1. The molecule has 0 aliphatic carbocycles. The number of ether oxygens (including phenoxy) is 1. The maximum absolute atomic E-state index is 6.06. The highest BCUT2D eigenvalue weighted by Gasteiger charge is 2.09. The maximum atomic E-state index is 6.06. The Morgan fingerprint density at radius 1 is 0.833 bits per heavy atom. The van der Waals surface area contributed by atoms with Crippen molar-refractivity contribution < 1.29 is 4.74 Å². The zero-order valence-corrected chi connectivity index (χ0v) is 15.1. The van der Waals surface area contributed by atoms with Gasteiger partial charge < -0.3 is 9.64 Å². The summed E-state index contributed by atoms with van der Waals surface area (Å²) in [7, 11) is 0. The fourth-order valence-corrected chi connectivity index (χ4v) is 3.99. The second-order valence-corrected chi connectivity index (χ2v) is 7.44. The number of likely N-dealkylation sites (tertiary alicyclic amines) is 1. The summed E-state index contributed by atoms with van der Waals surface area (Å²) >= 11 is 1.77. The molecule has 0 radical (unpaired) electrons. The molecule has 2 nitrogen and oxygen atoms in total. The summed E-state index contributed by atoms with van der Waals surface area (Å²) in [6.45, 7) is 4.61. The molecule has 1 heterocycles. The summed E-state index contributed by atoms with van der Waals surface area (Å²) in [4.78, 5) is 5.04. The third kappa shape index (κ3) is 5.57. The lowest BCUT2D eigenvalue weighted by Crippen LogP contribution is -2.30. The van der Waals surface area contributed by atoms with Gasteiger partial charge in [0.1, 0.15) is 5.75 Å². The van der Waals surface area contributed by atoms with E-state index < -0.39 is 0 Å². The Hall–Kier alpha value is -1.45. The van der Waals surface area contributed by atoms with Crippen molar-refractivity contribution in [3.05, 3.63) is 54.6 Å². The number of benzene rings is 2. The summed E-state index contributed by atoms with van der Waals surface area (Å²) in [6, 6.07) is 18.8. The molecule has 0 aromatic heterocycles. The highest BCUT2D eigenvalue weighted by molar-refractivity contribution is 7.99. The Morgan fingerprint density at radius 2 is 1.58 bits per heavy atom. The van der Waals surface area contributed by atoms with Crippen molar-refractivity contribution in [2.24, 2.45) is 0 Å².